The lowest BCUT2D eigenvalue weighted by Crippen LogP contribution is -2.42. The van der Waals surface area contributed by atoms with Crippen molar-refractivity contribution in [3.63, 3.8) is 0 Å². The highest BCUT2D eigenvalue weighted by atomic mass is 16.5. The molecule has 0 atom stereocenters. The lowest BCUT2D eigenvalue weighted by atomic mass is 10.0. The van der Waals surface area contributed by atoms with Gasteiger partial charge in [-0.25, -0.2) is 0 Å². The van der Waals surface area contributed by atoms with Crippen molar-refractivity contribution in [1.29, 1.82) is 0 Å². The van der Waals surface area contributed by atoms with Gasteiger partial charge in [-0.3, -0.25) is 9.69 Å². The summed E-state index contributed by atoms with van der Waals surface area (Å²) in [4.78, 5) is 13.0. The number of nitrogens with zero attached hydrogens (tertiary/aromatic N) is 1. The Labute approximate surface area is 113 Å². The van der Waals surface area contributed by atoms with E-state index in [2.05, 4.69) is 10.2 Å². The van der Waals surface area contributed by atoms with Crippen molar-refractivity contribution in [2.24, 2.45) is 5.73 Å². The van der Waals surface area contributed by atoms with E-state index in [0.717, 1.165) is 37.4 Å². The summed E-state index contributed by atoms with van der Waals surface area (Å²) < 4.78 is 5.33. The van der Waals surface area contributed by atoms with Gasteiger partial charge >= 0.3 is 0 Å². The summed E-state index contributed by atoms with van der Waals surface area (Å²) in [6, 6.07) is 8.34. The fraction of sp³-hybridized carbons (Fsp3) is 0.500. The molecule has 1 aliphatic rings. The van der Waals surface area contributed by atoms with Crippen molar-refractivity contribution in [2.75, 3.05) is 32.1 Å². The number of primary amides is 1. The number of rotatable bonds is 5. The van der Waals surface area contributed by atoms with Crippen LogP contribution in [0.5, 0.6) is 5.75 Å². The van der Waals surface area contributed by atoms with Crippen LogP contribution >= 0.6 is 0 Å². The average Bonchev–Trinajstić information content (AvgIpc) is 2.41. The molecule has 1 heterocycles. The zero-order valence-corrected chi connectivity index (χ0v) is 11.3. The summed E-state index contributed by atoms with van der Waals surface area (Å²) in [5.41, 5.74) is 6.23. The SMILES string of the molecule is COc1ccccc1NC1CCN(CC(N)=O)CC1. The predicted octanol–water partition coefficient (Wildman–Crippen LogP) is 1.06. The first kappa shape index (κ1) is 13.7. The first-order valence-electron chi connectivity index (χ1n) is 6.59. The van der Waals surface area contributed by atoms with E-state index in [9.17, 15) is 4.79 Å². The number of ether oxygens (including phenoxy) is 1. The lowest BCUT2D eigenvalue weighted by molar-refractivity contribution is -0.119. The van der Waals surface area contributed by atoms with E-state index in [1.165, 1.54) is 0 Å². The smallest absolute Gasteiger partial charge is 0.231 e. The number of methoxy groups -OCH3 is 1. The van der Waals surface area contributed by atoms with Crippen LogP contribution in [0.1, 0.15) is 12.8 Å². The van der Waals surface area contributed by atoms with Crippen molar-refractivity contribution >= 4 is 11.6 Å². The van der Waals surface area contributed by atoms with E-state index in [-0.39, 0.29) is 5.91 Å². The fourth-order valence-corrected chi connectivity index (χ4v) is 2.44. The Hall–Kier alpha value is -1.75. The number of hydrogen-bond acceptors (Lipinski definition) is 4. The molecule has 5 nitrogen and oxygen atoms in total. The second-order valence-electron chi connectivity index (χ2n) is 4.86. The van der Waals surface area contributed by atoms with Gasteiger partial charge in [-0.05, 0) is 25.0 Å². The summed E-state index contributed by atoms with van der Waals surface area (Å²) in [6.45, 7) is 2.16. The van der Waals surface area contributed by atoms with Crippen molar-refractivity contribution in [2.45, 2.75) is 18.9 Å². The molecular weight excluding hydrogens is 242 g/mol. The largest absolute Gasteiger partial charge is 0.495 e. The first-order valence-corrected chi connectivity index (χ1v) is 6.59. The van der Waals surface area contributed by atoms with Crippen LogP contribution in [0.25, 0.3) is 0 Å². The van der Waals surface area contributed by atoms with Gasteiger partial charge in [0.2, 0.25) is 5.91 Å². The molecule has 0 unspecified atom stereocenters. The molecule has 1 aromatic rings. The zero-order valence-electron chi connectivity index (χ0n) is 11.3. The Morgan fingerprint density at radius 1 is 1.42 bits per heavy atom. The number of amides is 1. The minimum atomic E-state index is -0.254. The quantitative estimate of drug-likeness (QED) is 0.833. The molecule has 3 N–H and O–H groups in total. The first-order chi connectivity index (χ1) is 9.19. The highest BCUT2D eigenvalue weighted by Crippen LogP contribution is 2.25. The minimum absolute atomic E-state index is 0.254. The molecule has 1 saturated heterocycles. The Morgan fingerprint density at radius 2 is 2.11 bits per heavy atom. The van der Waals surface area contributed by atoms with Gasteiger partial charge < -0.3 is 15.8 Å². The second kappa shape index (κ2) is 6.43. The number of nitrogens with two attached hydrogens (primary N) is 1. The van der Waals surface area contributed by atoms with Crippen LogP contribution in [-0.2, 0) is 4.79 Å². The molecule has 0 aromatic heterocycles. The van der Waals surface area contributed by atoms with Crippen LogP contribution in [-0.4, -0.2) is 43.6 Å². The van der Waals surface area contributed by atoms with E-state index in [4.69, 9.17) is 10.5 Å². The minimum Gasteiger partial charge on any atom is -0.495 e. The monoisotopic (exact) mass is 263 g/mol. The number of piperidine rings is 1. The van der Waals surface area contributed by atoms with E-state index >= 15 is 0 Å². The normalized spacial score (nSPS) is 17.1. The van der Waals surface area contributed by atoms with Crippen molar-refractivity contribution in [3.8, 4) is 5.75 Å². The fourth-order valence-electron chi connectivity index (χ4n) is 2.44. The Morgan fingerprint density at radius 3 is 2.74 bits per heavy atom. The molecule has 0 radical (unpaired) electrons. The molecule has 1 aromatic carbocycles. The summed E-state index contributed by atoms with van der Waals surface area (Å²) in [6.07, 6.45) is 2.01. The maximum absolute atomic E-state index is 10.9. The van der Waals surface area contributed by atoms with Gasteiger partial charge in [-0.15, -0.1) is 0 Å². The molecule has 5 heteroatoms. The second-order valence-corrected chi connectivity index (χ2v) is 4.86. The summed E-state index contributed by atoms with van der Waals surface area (Å²) in [7, 11) is 1.68. The van der Waals surface area contributed by atoms with Gasteiger partial charge in [0.15, 0.2) is 0 Å². The molecule has 2 rings (SSSR count). The number of para-hydroxylation sites is 2. The molecular formula is C14H21N3O2. The molecule has 1 amide bonds. The Kier molecular flexibility index (Phi) is 4.63. The van der Waals surface area contributed by atoms with E-state index in [1.54, 1.807) is 7.11 Å². The number of likely N-dealkylation sites (tertiary alicyclic amines) is 1. The van der Waals surface area contributed by atoms with Crippen LogP contribution < -0.4 is 15.8 Å². The molecule has 0 spiro atoms. The van der Waals surface area contributed by atoms with Crippen LogP contribution in [0.2, 0.25) is 0 Å². The van der Waals surface area contributed by atoms with E-state index in [0.29, 0.717) is 12.6 Å². The standard InChI is InChI=1S/C14H21N3O2/c1-19-13-5-3-2-4-12(13)16-11-6-8-17(9-7-11)10-14(15)18/h2-5,11,16H,6-10H2,1H3,(H2,15,18). The maximum atomic E-state index is 10.9. The number of nitrogens with one attached hydrogen (secondary N) is 1. The zero-order chi connectivity index (χ0) is 13.7. The lowest BCUT2D eigenvalue weighted by Gasteiger charge is -2.32. The van der Waals surface area contributed by atoms with Crippen molar-refractivity contribution in [3.05, 3.63) is 24.3 Å². The van der Waals surface area contributed by atoms with E-state index < -0.39 is 0 Å². The van der Waals surface area contributed by atoms with Crippen LogP contribution in [0, 0.1) is 0 Å². The molecule has 0 saturated carbocycles. The Bertz CT molecular complexity index is 428. The third-order valence-corrected chi connectivity index (χ3v) is 3.43. The van der Waals surface area contributed by atoms with Gasteiger partial charge in [0.1, 0.15) is 5.75 Å². The summed E-state index contributed by atoms with van der Waals surface area (Å²) in [5, 5.41) is 3.51. The number of hydrogen-bond donors (Lipinski definition) is 2. The van der Waals surface area contributed by atoms with E-state index in [1.807, 2.05) is 24.3 Å². The molecule has 0 aliphatic carbocycles. The molecule has 0 bridgehead atoms. The molecule has 1 fully saturated rings. The predicted molar refractivity (Wildman–Crippen MR) is 75.3 cm³/mol. The van der Waals surface area contributed by atoms with Gasteiger partial charge in [-0.1, -0.05) is 12.1 Å². The van der Waals surface area contributed by atoms with Gasteiger partial charge in [0, 0.05) is 19.1 Å². The topological polar surface area (TPSA) is 67.6 Å². The Balaban J connectivity index is 1.87. The third kappa shape index (κ3) is 3.86. The van der Waals surface area contributed by atoms with Crippen LogP contribution in [0.15, 0.2) is 24.3 Å². The van der Waals surface area contributed by atoms with Gasteiger partial charge in [0.05, 0.1) is 19.3 Å². The molecule has 104 valence electrons. The summed E-state index contributed by atoms with van der Waals surface area (Å²) in [5.74, 6) is 0.609. The molecule has 19 heavy (non-hydrogen) atoms. The van der Waals surface area contributed by atoms with Crippen molar-refractivity contribution in [1.82, 2.24) is 4.90 Å². The van der Waals surface area contributed by atoms with Crippen LogP contribution in [0.3, 0.4) is 0 Å². The highest BCUT2D eigenvalue weighted by Gasteiger charge is 2.20. The van der Waals surface area contributed by atoms with Crippen molar-refractivity contribution < 1.29 is 9.53 Å². The number of carbonyl (C=O) groups is 1. The average molecular weight is 263 g/mol. The maximum Gasteiger partial charge on any atom is 0.231 e. The van der Waals surface area contributed by atoms with Gasteiger partial charge in [-0.2, -0.15) is 0 Å². The number of benzene rings is 1. The molecule has 1 aliphatic heterocycles. The van der Waals surface area contributed by atoms with Crippen LogP contribution in [0.4, 0.5) is 5.69 Å². The highest BCUT2D eigenvalue weighted by molar-refractivity contribution is 5.75. The number of anilines is 1. The van der Waals surface area contributed by atoms with Gasteiger partial charge in [0.25, 0.3) is 0 Å². The summed E-state index contributed by atoms with van der Waals surface area (Å²) >= 11 is 0. The number of carbonyl (C=O) groups excluding carboxylic acids is 1. The third-order valence-electron chi connectivity index (χ3n) is 3.43.